The van der Waals surface area contributed by atoms with Gasteiger partial charge in [-0.3, -0.25) is 4.79 Å². The SMILES string of the molecule is CC1CCN(C(=O)c2sc3ccc(Br)cc3c2N)C(C)C1. The molecule has 112 valence electrons. The molecule has 0 aliphatic carbocycles. The van der Waals surface area contributed by atoms with Gasteiger partial charge in [-0.2, -0.15) is 0 Å². The van der Waals surface area contributed by atoms with Crippen LogP contribution in [0.1, 0.15) is 36.4 Å². The first-order chi connectivity index (χ1) is 9.97. The fourth-order valence-electron chi connectivity index (χ4n) is 3.09. The summed E-state index contributed by atoms with van der Waals surface area (Å²) in [5.74, 6) is 0.781. The Bertz CT molecular complexity index is 697. The highest BCUT2D eigenvalue weighted by atomic mass is 79.9. The number of hydrogen-bond donors (Lipinski definition) is 1. The van der Waals surface area contributed by atoms with Crippen molar-refractivity contribution in [3.63, 3.8) is 0 Å². The standard InChI is InChI=1S/C16H19BrN2OS/c1-9-5-6-19(10(2)7-9)16(20)15-14(18)12-8-11(17)3-4-13(12)21-15/h3-4,8-10H,5-7,18H2,1-2H3. The molecule has 1 aromatic heterocycles. The highest BCUT2D eigenvalue weighted by molar-refractivity contribution is 9.10. The molecule has 1 fully saturated rings. The van der Waals surface area contributed by atoms with Crippen LogP contribution in [0.3, 0.4) is 0 Å². The molecule has 3 nitrogen and oxygen atoms in total. The number of nitrogens with zero attached hydrogens (tertiary/aromatic N) is 1. The van der Waals surface area contributed by atoms with E-state index in [4.69, 9.17) is 5.73 Å². The smallest absolute Gasteiger partial charge is 0.266 e. The Labute approximate surface area is 137 Å². The molecule has 3 rings (SSSR count). The van der Waals surface area contributed by atoms with Crippen LogP contribution in [0.15, 0.2) is 22.7 Å². The van der Waals surface area contributed by atoms with Gasteiger partial charge in [0.25, 0.3) is 5.91 Å². The summed E-state index contributed by atoms with van der Waals surface area (Å²) in [5.41, 5.74) is 6.85. The molecule has 1 aliphatic rings. The predicted octanol–water partition coefficient (Wildman–Crippen LogP) is 4.51. The van der Waals surface area contributed by atoms with Gasteiger partial charge in [0.15, 0.2) is 0 Å². The van der Waals surface area contributed by atoms with Crippen LogP contribution in [-0.4, -0.2) is 23.4 Å². The number of amides is 1. The van der Waals surface area contributed by atoms with Gasteiger partial charge in [0.1, 0.15) is 4.88 Å². The Morgan fingerprint density at radius 1 is 1.43 bits per heavy atom. The molecule has 1 aromatic carbocycles. The molecule has 1 amide bonds. The number of halogens is 1. The van der Waals surface area contributed by atoms with Crippen LogP contribution in [0.2, 0.25) is 0 Å². The summed E-state index contributed by atoms with van der Waals surface area (Å²) in [7, 11) is 0. The summed E-state index contributed by atoms with van der Waals surface area (Å²) >= 11 is 4.96. The number of fused-ring (bicyclic) bond motifs is 1. The van der Waals surface area contributed by atoms with Crippen molar-refractivity contribution in [1.29, 1.82) is 0 Å². The summed E-state index contributed by atoms with van der Waals surface area (Å²) in [6.07, 6.45) is 2.15. The third-order valence-corrected chi connectivity index (χ3v) is 5.95. The summed E-state index contributed by atoms with van der Waals surface area (Å²) in [6, 6.07) is 6.27. The molecule has 0 spiro atoms. The van der Waals surface area contributed by atoms with Gasteiger partial charge in [0.2, 0.25) is 0 Å². The summed E-state index contributed by atoms with van der Waals surface area (Å²) in [4.78, 5) is 15.5. The molecule has 2 unspecified atom stereocenters. The first-order valence-electron chi connectivity index (χ1n) is 7.26. The number of carbonyl (C=O) groups is 1. The van der Waals surface area contributed by atoms with E-state index in [0.29, 0.717) is 16.5 Å². The van der Waals surface area contributed by atoms with Crippen molar-refractivity contribution in [3.05, 3.63) is 27.5 Å². The topological polar surface area (TPSA) is 46.3 Å². The monoisotopic (exact) mass is 366 g/mol. The van der Waals surface area contributed by atoms with Crippen LogP contribution in [-0.2, 0) is 0 Å². The normalized spacial score (nSPS) is 22.7. The van der Waals surface area contributed by atoms with Crippen LogP contribution in [0, 0.1) is 5.92 Å². The molecule has 1 saturated heterocycles. The second-order valence-electron chi connectivity index (χ2n) is 5.96. The van der Waals surface area contributed by atoms with E-state index >= 15 is 0 Å². The lowest BCUT2D eigenvalue weighted by molar-refractivity contribution is 0.0594. The van der Waals surface area contributed by atoms with Crippen LogP contribution < -0.4 is 5.73 Å². The lowest BCUT2D eigenvalue weighted by Gasteiger charge is -2.36. The molecule has 0 saturated carbocycles. The third-order valence-electron chi connectivity index (χ3n) is 4.28. The van der Waals surface area contributed by atoms with E-state index in [0.717, 1.165) is 33.9 Å². The number of anilines is 1. The summed E-state index contributed by atoms with van der Waals surface area (Å²) in [6.45, 7) is 5.22. The molecule has 2 aromatic rings. The second kappa shape index (κ2) is 5.61. The van der Waals surface area contributed by atoms with Gasteiger partial charge in [-0.15, -0.1) is 11.3 Å². The number of nitrogen functional groups attached to an aromatic ring is 1. The Kier molecular flexibility index (Phi) is 3.97. The first-order valence-corrected chi connectivity index (χ1v) is 8.87. The minimum Gasteiger partial charge on any atom is -0.397 e. The van der Waals surface area contributed by atoms with E-state index in [1.165, 1.54) is 11.3 Å². The van der Waals surface area contributed by atoms with Crippen LogP contribution in [0.4, 0.5) is 5.69 Å². The number of hydrogen-bond acceptors (Lipinski definition) is 3. The van der Waals surface area contributed by atoms with Gasteiger partial charge in [0, 0.05) is 27.1 Å². The summed E-state index contributed by atoms with van der Waals surface area (Å²) < 4.78 is 2.05. The predicted molar refractivity (Wildman–Crippen MR) is 92.8 cm³/mol. The van der Waals surface area contributed by atoms with E-state index in [1.807, 2.05) is 23.1 Å². The molecular formula is C16H19BrN2OS. The zero-order chi connectivity index (χ0) is 15.1. The molecule has 0 bridgehead atoms. The Balaban J connectivity index is 1.96. The van der Waals surface area contributed by atoms with E-state index in [2.05, 4.69) is 29.8 Å². The first kappa shape index (κ1) is 14.9. The highest BCUT2D eigenvalue weighted by Gasteiger charge is 2.29. The molecule has 2 heterocycles. The maximum absolute atomic E-state index is 12.8. The number of benzene rings is 1. The molecular weight excluding hydrogens is 348 g/mol. The van der Waals surface area contributed by atoms with Crippen molar-refractivity contribution in [1.82, 2.24) is 4.90 Å². The van der Waals surface area contributed by atoms with Crippen molar-refractivity contribution in [3.8, 4) is 0 Å². The van der Waals surface area contributed by atoms with E-state index in [-0.39, 0.29) is 11.9 Å². The van der Waals surface area contributed by atoms with Crippen molar-refractivity contribution < 1.29 is 4.79 Å². The maximum atomic E-state index is 12.8. The highest BCUT2D eigenvalue weighted by Crippen LogP contribution is 2.37. The average Bonchev–Trinajstić information content (AvgIpc) is 2.75. The summed E-state index contributed by atoms with van der Waals surface area (Å²) in [5, 5.41) is 0.968. The number of likely N-dealkylation sites (tertiary alicyclic amines) is 1. The van der Waals surface area contributed by atoms with Gasteiger partial charge in [0.05, 0.1) is 5.69 Å². The zero-order valence-corrected chi connectivity index (χ0v) is 14.6. The van der Waals surface area contributed by atoms with Gasteiger partial charge >= 0.3 is 0 Å². The van der Waals surface area contributed by atoms with E-state index < -0.39 is 0 Å². The maximum Gasteiger partial charge on any atom is 0.266 e. The Morgan fingerprint density at radius 2 is 2.19 bits per heavy atom. The van der Waals surface area contributed by atoms with E-state index in [9.17, 15) is 4.79 Å². The fourth-order valence-corrected chi connectivity index (χ4v) is 4.51. The molecule has 2 atom stereocenters. The van der Waals surface area contributed by atoms with Crippen LogP contribution in [0.5, 0.6) is 0 Å². The minimum absolute atomic E-state index is 0.0872. The molecule has 0 radical (unpaired) electrons. The van der Waals surface area contributed by atoms with Crippen molar-refractivity contribution >= 4 is 48.9 Å². The van der Waals surface area contributed by atoms with Gasteiger partial charge in [-0.25, -0.2) is 0 Å². The number of rotatable bonds is 1. The molecule has 21 heavy (non-hydrogen) atoms. The average molecular weight is 367 g/mol. The number of carbonyl (C=O) groups excluding carboxylic acids is 1. The Hall–Kier alpha value is -1.07. The second-order valence-corrected chi connectivity index (χ2v) is 7.93. The zero-order valence-electron chi connectivity index (χ0n) is 12.2. The number of nitrogens with two attached hydrogens (primary N) is 1. The molecule has 5 heteroatoms. The lowest BCUT2D eigenvalue weighted by atomic mass is 9.93. The van der Waals surface area contributed by atoms with Crippen molar-refractivity contribution in [2.24, 2.45) is 5.92 Å². The largest absolute Gasteiger partial charge is 0.397 e. The van der Waals surface area contributed by atoms with Gasteiger partial charge < -0.3 is 10.6 Å². The van der Waals surface area contributed by atoms with Crippen LogP contribution in [0.25, 0.3) is 10.1 Å². The molecule has 2 N–H and O–H groups in total. The van der Waals surface area contributed by atoms with Gasteiger partial charge in [-0.1, -0.05) is 22.9 Å². The quantitative estimate of drug-likeness (QED) is 0.806. The Morgan fingerprint density at radius 3 is 2.90 bits per heavy atom. The van der Waals surface area contributed by atoms with E-state index in [1.54, 1.807) is 0 Å². The van der Waals surface area contributed by atoms with Crippen molar-refractivity contribution in [2.75, 3.05) is 12.3 Å². The van der Waals surface area contributed by atoms with Gasteiger partial charge in [-0.05, 0) is 43.9 Å². The minimum atomic E-state index is 0.0872. The number of thiophene rings is 1. The third kappa shape index (κ3) is 2.69. The fraction of sp³-hybridized carbons (Fsp3) is 0.438. The molecule has 1 aliphatic heterocycles. The lowest BCUT2D eigenvalue weighted by Crippen LogP contribution is -2.44. The van der Waals surface area contributed by atoms with Crippen LogP contribution >= 0.6 is 27.3 Å². The van der Waals surface area contributed by atoms with Crippen molar-refractivity contribution in [2.45, 2.75) is 32.7 Å². The number of piperidine rings is 1.